The number of rotatable bonds is 5. The van der Waals surface area contributed by atoms with Crippen LogP contribution in [-0.2, 0) is 6.61 Å². The second-order valence-electron chi connectivity index (χ2n) is 3.77. The van der Waals surface area contributed by atoms with Crippen molar-refractivity contribution in [3.05, 3.63) is 58.0 Å². The van der Waals surface area contributed by atoms with E-state index in [0.29, 0.717) is 11.5 Å². The zero-order valence-corrected chi connectivity index (χ0v) is 10.2. The lowest BCUT2D eigenvalue weighted by atomic mass is 10.2. The van der Waals surface area contributed by atoms with E-state index in [9.17, 15) is 14.9 Å². The molecular weight excluding hydrogens is 266 g/mol. The quantitative estimate of drug-likeness (QED) is 0.368. The van der Waals surface area contributed by atoms with Gasteiger partial charge in [0.15, 0.2) is 5.76 Å². The van der Waals surface area contributed by atoms with Gasteiger partial charge < -0.3 is 9.15 Å². The second kappa shape index (κ2) is 5.85. The summed E-state index contributed by atoms with van der Waals surface area (Å²) in [6.45, 7) is 0.00750. The van der Waals surface area contributed by atoms with Gasteiger partial charge in [0.05, 0.1) is 16.7 Å². The monoisotopic (exact) mass is 277 g/mol. The lowest BCUT2D eigenvalue weighted by Gasteiger charge is -2.05. The third kappa shape index (κ3) is 2.93. The van der Waals surface area contributed by atoms with Gasteiger partial charge >= 0.3 is 0 Å². The van der Waals surface area contributed by atoms with Crippen LogP contribution in [0.2, 0.25) is 0 Å². The van der Waals surface area contributed by atoms with Gasteiger partial charge in [0.2, 0.25) is 0 Å². The molecule has 0 saturated carbocycles. The van der Waals surface area contributed by atoms with Crippen molar-refractivity contribution in [2.24, 2.45) is 5.84 Å². The molecule has 0 unspecified atom stereocenters. The highest BCUT2D eigenvalue weighted by Crippen LogP contribution is 2.19. The van der Waals surface area contributed by atoms with Crippen LogP contribution in [-0.4, -0.2) is 10.8 Å². The predicted octanol–water partition coefficient (Wildman–Crippen LogP) is 1.37. The van der Waals surface area contributed by atoms with Crippen molar-refractivity contribution in [2.75, 3.05) is 0 Å². The number of furan rings is 1. The number of non-ortho nitro benzene ring substituents is 1. The maximum Gasteiger partial charge on any atom is 0.269 e. The van der Waals surface area contributed by atoms with Crippen molar-refractivity contribution in [2.45, 2.75) is 6.61 Å². The van der Waals surface area contributed by atoms with Crippen molar-refractivity contribution in [1.82, 2.24) is 5.43 Å². The smallest absolute Gasteiger partial charge is 0.269 e. The van der Waals surface area contributed by atoms with Gasteiger partial charge in [0.25, 0.3) is 11.6 Å². The summed E-state index contributed by atoms with van der Waals surface area (Å²) in [6, 6.07) is 7.04. The van der Waals surface area contributed by atoms with E-state index in [-0.39, 0.29) is 17.9 Å². The molecule has 8 heteroatoms. The lowest BCUT2D eigenvalue weighted by Crippen LogP contribution is -2.30. The topological polar surface area (TPSA) is 121 Å². The second-order valence-corrected chi connectivity index (χ2v) is 3.77. The van der Waals surface area contributed by atoms with Crippen molar-refractivity contribution in [1.29, 1.82) is 0 Å². The fourth-order valence-electron chi connectivity index (χ4n) is 1.55. The number of nitro groups is 1. The molecule has 1 amide bonds. The number of ether oxygens (including phenoxy) is 1. The summed E-state index contributed by atoms with van der Waals surface area (Å²) < 4.78 is 10.5. The molecule has 0 aliphatic rings. The van der Waals surface area contributed by atoms with E-state index in [1.54, 1.807) is 0 Å². The molecule has 2 aromatic rings. The van der Waals surface area contributed by atoms with Gasteiger partial charge in [-0.3, -0.25) is 20.3 Å². The van der Waals surface area contributed by atoms with E-state index in [1.165, 1.54) is 36.6 Å². The maximum atomic E-state index is 11.4. The first-order valence-electron chi connectivity index (χ1n) is 5.56. The zero-order valence-electron chi connectivity index (χ0n) is 10.2. The van der Waals surface area contributed by atoms with E-state index in [1.807, 2.05) is 5.43 Å². The average Bonchev–Trinajstić information content (AvgIpc) is 2.93. The number of carbonyl (C=O) groups is 1. The van der Waals surface area contributed by atoms with E-state index in [2.05, 4.69) is 0 Å². The summed E-state index contributed by atoms with van der Waals surface area (Å²) in [7, 11) is 0. The molecule has 104 valence electrons. The summed E-state index contributed by atoms with van der Waals surface area (Å²) in [5.74, 6) is 5.29. The Morgan fingerprint density at radius 3 is 2.65 bits per heavy atom. The Balaban J connectivity index is 2.04. The number of carbonyl (C=O) groups excluding carboxylic acids is 1. The minimum absolute atomic E-state index is 0.00750. The molecule has 0 aliphatic carbocycles. The Morgan fingerprint density at radius 2 is 2.05 bits per heavy atom. The van der Waals surface area contributed by atoms with Crippen LogP contribution in [0.1, 0.15) is 16.1 Å². The summed E-state index contributed by atoms with van der Waals surface area (Å²) in [5, 5.41) is 10.5. The maximum absolute atomic E-state index is 11.4. The van der Waals surface area contributed by atoms with Gasteiger partial charge in [-0.05, 0) is 18.2 Å². The number of hydrazine groups is 1. The highest BCUT2D eigenvalue weighted by Gasteiger charge is 2.14. The summed E-state index contributed by atoms with van der Waals surface area (Å²) in [5.41, 5.74) is 2.24. The van der Waals surface area contributed by atoms with Gasteiger partial charge in [0.1, 0.15) is 12.4 Å². The van der Waals surface area contributed by atoms with Crippen LogP contribution in [0.4, 0.5) is 5.69 Å². The molecule has 3 N–H and O–H groups in total. The molecule has 0 bridgehead atoms. The Labute approximate surface area is 113 Å². The number of amides is 1. The normalized spacial score (nSPS) is 10.1. The number of nitro benzene ring substituents is 1. The van der Waals surface area contributed by atoms with Crippen molar-refractivity contribution in [3.8, 4) is 5.75 Å². The molecular formula is C12H11N3O5. The van der Waals surface area contributed by atoms with E-state index < -0.39 is 10.8 Å². The predicted molar refractivity (Wildman–Crippen MR) is 67.8 cm³/mol. The number of nitrogens with zero attached hydrogens (tertiary/aromatic N) is 1. The van der Waals surface area contributed by atoms with Crippen LogP contribution in [0, 0.1) is 10.1 Å². The number of nitrogen functional groups attached to an aromatic ring is 1. The Bertz CT molecular complexity index is 620. The van der Waals surface area contributed by atoms with Crippen LogP contribution < -0.4 is 16.0 Å². The molecule has 0 fully saturated rings. The summed E-state index contributed by atoms with van der Waals surface area (Å²) in [4.78, 5) is 21.4. The molecule has 8 nitrogen and oxygen atoms in total. The molecule has 1 heterocycles. The van der Waals surface area contributed by atoms with Crippen molar-refractivity contribution >= 4 is 11.6 Å². The Hall–Kier alpha value is -2.87. The molecule has 0 atom stereocenters. The fraction of sp³-hybridized carbons (Fsp3) is 0.0833. The van der Waals surface area contributed by atoms with Crippen LogP contribution in [0.25, 0.3) is 0 Å². The van der Waals surface area contributed by atoms with Crippen LogP contribution in [0.5, 0.6) is 5.75 Å². The third-order valence-corrected chi connectivity index (χ3v) is 2.54. The Kier molecular flexibility index (Phi) is 3.96. The fourth-order valence-corrected chi connectivity index (χ4v) is 1.55. The first kappa shape index (κ1) is 13.6. The first-order valence-corrected chi connectivity index (χ1v) is 5.56. The molecule has 0 aliphatic heterocycles. The number of nitrogens with one attached hydrogen (secondary N) is 1. The largest absolute Gasteiger partial charge is 0.486 e. The molecule has 0 radical (unpaired) electrons. The molecule has 1 aromatic heterocycles. The number of nitrogens with two attached hydrogens (primary N) is 1. The van der Waals surface area contributed by atoms with Gasteiger partial charge in [-0.25, -0.2) is 5.84 Å². The highest BCUT2D eigenvalue weighted by molar-refractivity contribution is 5.94. The Morgan fingerprint density at radius 1 is 1.35 bits per heavy atom. The number of hydrogen-bond donors (Lipinski definition) is 2. The lowest BCUT2D eigenvalue weighted by molar-refractivity contribution is -0.384. The minimum atomic E-state index is -0.500. The van der Waals surface area contributed by atoms with E-state index >= 15 is 0 Å². The van der Waals surface area contributed by atoms with Crippen molar-refractivity contribution in [3.63, 3.8) is 0 Å². The van der Waals surface area contributed by atoms with Gasteiger partial charge in [-0.2, -0.15) is 0 Å². The zero-order chi connectivity index (χ0) is 14.5. The van der Waals surface area contributed by atoms with Crippen molar-refractivity contribution < 1.29 is 18.9 Å². The number of benzene rings is 1. The van der Waals surface area contributed by atoms with Crippen LogP contribution in [0.3, 0.4) is 0 Å². The molecule has 2 rings (SSSR count). The number of hydrogen-bond acceptors (Lipinski definition) is 6. The SMILES string of the molecule is NNC(=O)c1ccoc1COc1ccc([N+](=O)[O-])cc1. The van der Waals surface area contributed by atoms with Gasteiger partial charge in [0, 0.05) is 12.1 Å². The minimum Gasteiger partial charge on any atom is -0.486 e. The van der Waals surface area contributed by atoms with Crippen LogP contribution >= 0.6 is 0 Å². The van der Waals surface area contributed by atoms with E-state index in [4.69, 9.17) is 15.0 Å². The highest BCUT2D eigenvalue weighted by atomic mass is 16.6. The first-order chi connectivity index (χ1) is 9.61. The molecule has 20 heavy (non-hydrogen) atoms. The summed E-state index contributed by atoms with van der Waals surface area (Å²) >= 11 is 0. The van der Waals surface area contributed by atoms with Crippen LogP contribution in [0.15, 0.2) is 41.0 Å². The van der Waals surface area contributed by atoms with Gasteiger partial charge in [-0.15, -0.1) is 0 Å². The van der Waals surface area contributed by atoms with E-state index in [0.717, 1.165) is 0 Å². The standard InChI is InChI=1S/C12H11N3O5/c13-14-12(16)10-5-6-19-11(10)7-20-9-3-1-8(2-4-9)15(17)18/h1-6H,7,13H2,(H,14,16). The molecule has 0 saturated heterocycles. The molecule has 1 aromatic carbocycles. The third-order valence-electron chi connectivity index (χ3n) is 2.54. The average molecular weight is 277 g/mol. The van der Waals surface area contributed by atoms with Gasteiger partial charge in [-0.1, -0.05) is 0 Å². The molecule has 0 spiro atoms. The summed E-state index contributed by atoms with van der Waals surface area (Å²) in [6.07, 6.45) is 1.35.